The fraction of sp³-hybridized carbons (Fsp3) is 0.818. The summed E-state index contributed by atoms with van der Waals surface area (Å²) in [5.41, 5.74) is 0. The molecule has 0 aromatic carbocycles. The van der Waals surface area contributed by atoms with Crippen LogP contribution in [-0.2, 0) is 4.79 Å². The van der Waals surface area contributed by atoms with Crippen LogP contribution in [-0.4, -0.2) is 63.4 Å². The van der Waals surface area contributed by atoms with Gasteiger partial charge in [0.05, 0.1) is 6.54 Å². The summed E-state index contributed by atoms with van der Waals surface area (Å²) in [6.45, 7) is 5.32. The second kappa shape index (κ2) is 6.29. The van der Waals surface area contributed by atoms with E-state index in [-0.39, 0.29) is 17.3 Å². The van der Waals surface area contributed by atoms with Crippen LogP contribution in [0, 0.1) is 0 Å². The number of hydrogen-bond acceptors (Lipinski definition) is 4. The van der Waals surface area contributed by atoms with Crippen LogP contribution < -0.4 is 5.32 Å². The van der Waals surface area contributed by atoms with Gasteiger partial charge in [-0.25, -0.2) is 9.59 Å². The fourth-order valence-corrected chi connectivity index (χ4v) is 2.71. The number of aliphatic carboxylic acids is 1. The van der Waals surface area contributed by atoms with Gasteiger partial charge in [0.15, 0.2) is 6.10 Å². The largest absolute Gasteiger partial charge is 0.479 e. The average molecular weight is 276 g/mol. The quantitative estimate of drug-likeness (QED) is 0.692. The van der Waals surface area contributed by atoms with Gasteiger partial charge in [-0.1, -0.05) is 13.8 Å². The first kappa shape index (κ1) is 15.1. The molecule has 1 aliphatic heterocycles. The van der Waals surface area contributed by atoms with E-state index in [0.717, 1.165) is 12.2 Å². The van der Waals surface area contributed by atoms with Gasteiger partial charge < -0.3 is 20.4 Å². The molecule has 6 nitrogen and oxygen atoms in total. The van der Waals surface area contributed by atoms with Gasteiger partial charge in [-0.2, -0.15) is 11.8 Å². The van der Waals surface area contributed by atoms with Crippen molar-refractivity contribution in [1.82, 2.24) is 10.2 Å². The number of nitrogens with one attached hydrogen (secondary N) is 1. The zero-order valence-corrected chi connectivity index (χ0v) is 11.5. The molecule has 1 atom stereocenters. The summed E-state index contributed by atoms with van der Waals surface area (Å²) in [5.74, 6) is -0.468. The zero-order valence-electron chi connectivity index (χ0n) is 10.7. The molecule has 1 rings (SSSR count). The lowest BCUT2D eigenvalue weighted by atomic mass is 10.1. The highest BCUT2D eigenvalue weighted by Gasteiger charge is 2.26. The van der Waals surface area contributed by atoms with Gasteiger partial charge in [0, 0.05) is 23.6 Å². The number of carboxylic acids is 1. The highest BCUT2D eigenvalue weighted by Crippen LogP contribution is 2.30. The lowest BCUT2D eigenvalue weighted by Crippen LogP contribution is -2.45. The number of thioether (sulfide) groups is 1. The molecule has 1 fully saturated rings. The minimum atomic E-state index is -1.55. The van der Waals surface area contributed by atoms with Gasteiger partial charge >= 0.3 is 12.0 Å². The highest BCUT2D eigenvalue weighted by atomic mass is 32.2. The second-order valence-electron chi connectivity index (χ2n) is 4.89. The number of rotatable bonds is 3. The number of urea groups is 1. The molecule has 1 saturated heterocycles. The first-order chi connectivity index (χ1) is 8.32. The molecule has 104 valence electrons. The lowest BCUT2D eigenvalue weighted by molar-refractivity contribution is -0.146. The molecule has 0 saturated carbocycles. The molecule has 0 aromatic rings. The Bertz CT molecular complexity index is 322. The molecule has 0 spiro atoms. The molecule has 7 heteroatoms. The summed E-state index contributed by atoms with van der Waals surface area (Å²) >= 11 is 1.83. The molecule has 0 aliphatic carbocycles. The first-order valence-corrected chi connectivity index (χ1v) is 6.88. The van der Waals surface area contributed by atoms with E-state index in [4.69, 9.17) is 10.2 Å². The molecule has 18 heavy (non-hydrogen) atoms. The van der Waals surface area contributed by atoms with E-state index >= 15 is 0 Å². The number of nitrogens with zero attached hydrogens (tertiary/aromatic N) is 1. The van der Waals surface area contributed by atoms with Crippen molar-refractivity contribution >= 4 is 23.8 Å². The Morgan fingerprint density at radius 3 is 2.72 bits per heavy atom. The maximum Gasteiger partial charge on any atom is 0.334 e. The second-order valence-corrected chi connectivity index (χ2v) is 6.69. The predicted octanol–water partition coefficient (Wildman–Crippen LogP) is 0.359. The summed E-state index contributed by atoms with van der Waals surface area (Å²) in [4.78, 5) is 23.9. The zero-order chi connectivity index (χ0) is 13.8. The number of amides is 2. The van der Waals surface area contributed by atoms with Gasteiger partial charge in [0.2, 0.25) is 0 Å². The number of carbonyl (C=O) groups is 2. The van der Waals surface area contributed by atoms with Crippen LogP contribution in [0.25, 0.3) is 0 Å². The van der Waals surface area contributed by atoms with Gasteiger partial charge in [-0.05, 0) is 6.42 Å². The Labute approximate surface area is 111 Å². The fourth-order valence-electron chi connectivity index (χ4n) is 1.61. The van der Waals surface area contributed by atoms with Crippen molar-refractivity contribution in [3.8, 4) is 0 Å². The van der Waals surface area contributed by atoms with E-state index in [1.807, 2.05) is 11.8 Å². The van der Waals surface area contributed by atoms with E-state index < -0.39 is 12.1 Å². The molecule has 1 heterocycles. The predicted molar refractivity (Wildman–Crippen MR) is 69.8 cm³/mol. The summed E-state index contributed by atoms with van der Waals surface area (Å²) in [6.07, 6.45) is -0.654. The van der Waals surface area contributed by atoms with Crippen LogP contribution in [0.2, 0.25) is 0 Å². The molecule has 0 radical (unpaired) electrons. The third-order valence-electron chi connectivity index (χ3n) is 2.86. The Morgan fingerprint density at radius 2 is 2.11 bits per heavy atom. The Hall–Kier alpha value is -0.950. The molecule has 3 N–H and O–H groups in total. The maximum absolute atomic E-state index is 11.8. The van der Waals surface area contributed by atoms with E-state index in [2.05, 4.69) is 19.2 Å². The van der Waals surface area contributed by atoms with Crippen LogP contribution in [0.1, 0.15) is 20.3 Å². The van der Waals surface area contributed by atoms with Crippen molar-refractivity contribution in [2.24, 2.45) is 0 Å². The Balaban J connectivity index is 2.40. The molecular formula is C11H20N2O4S. The van der Waals surface area contributed by atoms with Crippen molar-refractivity contribution in [2.75, 3.05) is 25.4 Å². The third-order valence-corrected chi connectivity index (χ3v) is 4.23. The van der Waals surface area contributed by atoms with Crippen LogP contribution in [0.4, 0.5) is 4.79 Å². The Morgan fingerprint density at radius 1 is 1.44 bits per heavy atom. The first-order valence-electron chi connectivity index (χ1n) is 5.89. The van der Waals surface area contributed by atoms with Crippen LogP contribution in [0.3, 0.4) is 0 Å². The minimum absolute atomic E-state index is 0.162. The molecule has 0 aromatic heterocycles. The summed E-state index contributed by atoms with van der Waals surface area (Å²) in [5, 5.41) is 20.0. The monoisotopic (exact) mass is 276 g/mol. The topological polar surface area (TPSA) is 89.9 Å². The van der Waals surface area contributed by atoms with Gasteiger partial charge in [0.1, 0.15) is 0 Å². The SMILES string of the molecule is CC1(C)CCN(C(=O)NCC(O)C(=O)O)CCS1. The van der Waals surface area contributed by atoms with Crippen molar-refractivity contribution in [1.29, 1.82) is 0 Å². The maximum atomic E-state index is 11.8. The highest BCUT2D eigenvalue weighted by molar-refractivity contribution is 8.00. The molecule has 1 aliphatic rings. The standard InChI is InChI=1S/C11H20N2O4S/c1-11(2)3-4-13(5-6-18-11)10(17)12-7-8(14)9(15)16/h8,14H,3-7H2,1-2H3,(H,12,17)(H,15,16). The van der Waals surface area contributed by atoms with Crippen LogP contribution >= 0.6 is 11.8 Å². The normalized spacial score (nSPS) is 20.9. The Kier molecular flexibility index (Phi) is 5.28. The van der Waals surface area contributed by atoms with Gasteiger partial charge in [-0.3, -0.25) is 0 Å². The molecule has 2 amide bonds. The number of hydrogen-bond donors (Lipinski definition) is 3. The average Bonchev–Trinajstić information content (AvgIpc) is 2.46. The van der Waals surface area contributed by atoms with E-state index in [1.54, 1.807) is 4.90 Å². The molecule has 1 unspecified atom stereocenters. The lowest BCUT2D eigenvalue weighted by Gasteiger charge is -2.23. The molecule has 0 bridgehead atoms. The van der Waals surface area contributed by atoms with Crippen molar-refractivity contribution in [3.63, 3.8) is 0 Å². The summed E-state index contributed by atoms with van der Waals surface area (Å²) in [7, 11) is 0. The number of carboxylic acid groups (broad SMARTS) is 1. The van der Waals surface area contributed by atoms with Gasteiger partial charge in [-0.15, -0.1) is 0 Å². The van der Waals surface area contributed by atoms with Crippen molar-refractivity contribution in [2.45, 2.75) is 31.1 Å². The molecular weight excluding hydrogens is 256 g/mol. The number of aliphatic hydroxyl groups is 1. The minimum Gasteiger partial charge on any atom is -0.479 e. The van der Waals surface area contributed by atoms with E-state index in [9.17, 15) is 9.59 Å². The van der Waals surface area contributed by atoms with Crippen molar-refractivity contribution in [3.05, 3.63) is 0 Å². The summed E-state index contributed by atoms with van der Waals surface area (Å²) < 4.78 is 0.162. The van der Waals surface area contributed by atoms with Gasteiger partial charge in [0.25, 0.3) is 0 Å². The van der Waals surface area contributed by atoms with Crippen molar-refractivity contribution < 1.29 is 19.8 Å². The van der Waals surface area contributed by atoms with Crippen LogP contribution in [0.5, 0.6) is 0 Å². The number of aliphatic hydroxyl groups excluding tert-OH is 1. The van der Waals surface area contributed by atoms with E-state index in [1.165, 1.54) is 0 Å². The van der Waals surface area contributed by atoms with Crippen LogP contribution in [0.15, 0.2) is 0 Å². The summed E-state index contributed by atoms with van der Waals surface area (Å²) in [6, 6.07) is -0.311. The third kappa shape index (κ3) is 4.73. The number of carbonyl (C=O) groups excluding carboxylic acids is 1. The van der Waals surface area contributed by atoms with E-state index in [0.29, 0.717) is 13.1 Å². The smallest absolute Gasteiger partial charge is 0.334 e.